The van der Waals surface area contributed by atoms with Crippen molar-refractivity contribution < 1.29 is 28.8 Å². The second kappa shape index (κ2) is 10.6. The highest BCUT2D eigenvalue weighted by atomic mass is 32.2. The first-order valence-corrected chi connectivity index (χ1v) is 10.8. The van der Waals surface area contributed by atoms with Crippen LogP contribution in [0.1, 0.15) is 24.2 Å². The number of carbonyl (C=O) groups is 3. The molecule has 1 atom stereocenters. The molecule has 0 fully saturated rings. The van der Waals surface area contributed by atoms with Gasteiger partial charge in [-0.25, -0.2) is 14.4 Å². The smallest absolute Gasteiger partial charge is 0.338 e. The van der Waals surface area contributed by atoms with Gasteiger partial charge in [0.2, 0.25) is 0 Å². The van der Waals surface area contributed by atoms with E-state index in [0.29, 0.717) is 4.90 Å². The van der Waals surface area contributed by atoms with Gasteiger partial charge in [0.15, 0.2) is 0 Å². The Morgan fingerprint density at radius 3 is 2.52 bits per heavy atom. The van der Waals surface area contributed by atoms with Gasteiger partial charge < -0.3 is 20.1 Å². The Morgan fingerprint density at radius 1 is 1.12 bits per heavy atom. The summed E-state index contributed by atoms with van der Waals surface area (Å²) in [5.74, 6) is -1.49. The number of nitro groups is 1. The molecular formula is C22H21N3O7S. The van der Waals surface area contributed by atoms with Crippen LogP contribution in [0.15, 0.2) is 69.6 Å². The van der Waals surface area contributed by atoms with Crippen molar-refractivity contribution in [1.29, 1.82) is 0 Å². The number of carbonyl (C=O) groups excluding carboxylic acids is 3. The highest BCUT2D eigenvalue weighted by Gasteiger charge is 2.30. The Hall–Kier alpha value is -3.86. The highest BCUT2D eigenvalue weighted by molar-refractivity contribution is 7.99. The van der Waals surface area contributed by atoms with Gasteiger partial charge >= 0.3 is 18.0 Å². The van der Waals surface area contributed by atoms with E-state index in [2.05, 4.69) is 10.6 Å². The lowest BCUT2D eigenvalue weighted by Crippen LogP contribution is -2.50. The minimum Gasteiger partial charge on any atom is -0.463 e. The molecule has 0 aliphatic carbocycles. The summed E-state index contributed by atoms with van der Waals surface area (Å²) in [5.41, 5.74) is -0.0622. The normalized spacial score (nSPS) is 15.3. The SMILES string of the molecule is CCOC(=O)C1=C(COC(=O)c2ccc(Sc3ccccc3)c([N+](=O)[O-])c2)NC(=O)N[C@@H]1C. The van der Waals surface area contributed by atoms with Crippen molar-refractivity contribution in [2.45, 2.75) is 29.7 Å². The fourth-order valence-electron chi connectivity index (χ4n) is 3.10. The van der Waals surface area contributed by atoms with Gasteiger partial charge in [0.1, 0.15) is 6.61 Å². The number of rotatable bonds is 8. The van der Waals surface area contributed by atoms with Gasteiger partial charge in [0, 0.05) is 11.0 Å². The van der Waals surface area contributed by atoms with Crippen LogP contribution in [0.3, 0.4) is 0 Å². The number of ether oxygens (including phenoxy) is 2. The molecule has 0 radical (unpaired) electrons. The van der Waals surface area contributed by atoms with Gasteiger partial charge in [-0.2, -0.15) is 0 Å². The number of amides is 2. The molecule has 0 spiro atoms. The van der Waals surface area contributed by atoms with E-state index in [0.717, 1.165) is 11.0 Å². The zero-order chi connectivity index (χ0) is 24.0. The highest BCUT2D eigenvalue weighted by Crippen LogP contribution is 2.35. The molecule has 2 aromatic rings. The van der Waals surface area contributed by atoms with Crippen molar-refractivity contribution in [2.75, 3.05) is 13.2 Å². The fourth-order valence-corrected chi connectivity index (χ4v) is 4.02. The number of nitrogens with zero attached hydrogens (tertiary/aromatic N) is 1. The molecule has 3 rings (SSSR count). The monoisotopic (exact) mass is 471 g/mol. The zero-order valence-corrected chi connectivity index (χ0v) is 18.6. The first kappa shape index (κ1) is 23.8. The summed E-state index contributed by atoms with van der Waals surface area (Å²) in [6.45, 7) is 2.95. The molecule has 0 saturated carbocycles. The summed E-state index contributed by atoms with van der Waals surface area (Å²) < 4.78 is 10.2. The van der Waals surface area contributed by atoms with Crippen LogP contribution in [0.5, 0.6) is 0 Å². The number of esters is 2. The van der Waals surface area contributed by atoms with E-state index in [4.69, 9.17) is 9.47 Å². The largest absolute Gasteiger partial charge is 0.463 e. The van der Waals surface area contributed by atoms with Gasteiger partial charge in [-0.1, -0.05) is 30.0 Å². The van der Waals surface area contributed by atoms with Crippen molar-refractivity contribution in [1.82, 2.24) is 10.6 Å². The maximum absolute atomic E-state index is 12.6. The third-order valence-corrected chi connectivity index (χ3v) is 5.65. The molecule has 1 aliphatic heterocycles. The van der Waals surface area contributed by atoms with E-state index in [1.165, 1.54) is 23.9 Å². The first-order valence-electron chi connectivity index (χ1n) is 9.96. The van der Waals surface area contributed by atoms with Gasteiger partial charge in [-0.3, -0.25) is 10.1 Å². The number of hydrogen-bond acceptors (Lipinski definition) is 8. The van der Waals surface area contributed by atoms with Crippen molar-refractivity contribution in [3.05, 3.63) is 75.5 Å². The Labute approximate surface area is 193 Å². The number of urea groups is 1. The maximum Gasteiger partial charge on any atom is 0.338 e. The molecule has 2 aromatic carbocycles. The molecule has 1 heterocycles. The summed E-state index contributed by atoms with van der Waals surface area (Å²) in [4.78, 5) is 48.8. The minimum atomic E-state index is -0.842. The van der Waals surface area contributed by atoms with Crippen molar-refractivity contribution in [3.63, 3.8) is 0 Å². The molecule has 0 bridgehead atoms. The van der Waals surface area contributed by atoms with E-state index < -0.39 is 35.5 Å². The van der Waals surface area contributed by atoms with E-state index in [9.17, 15) is 24.5 Å². The van der Waals surface area contributed by atoms with Gasteiger partial charge in [-0.15, -0.1) is 0 Å². The van der Waals surface area contributed by atoms with Crippen LogP contribution in [0.4, 0.5) is 10.5 Å². The maximum atomic E-state index is 12.6. The number of nitro benzene ring substituents is 1. The van der Waals surface area contributed by atoms with Crippen LogP contribution in [-0.2, 0) is 14.3 Å². The van der Waals surface area contributed by atoms with E-state index in [1.54, 1.807) is 13.8 Å². The Balaban J connectivity index is 1.79. The molecule has 0 aromatic heterocycles. The van der Waals surface area contributed by atoms with Crippen LogP contribution in [-0.4, -0.2) is 42.1 Å². The number of nitrogens with one attached hydrogen (secondary N) is 2. The predicted molar refractivity (Wildman–Crippen MR) is 119 cm³/mol. The Bertz CT molecular complexity index is 1120. The molecule has 2 N–H and O–H groups in total. The second-order valence-electron chi connectivity index (χ2n) is 6.86. The zero-order valence-electron chi connectivity index (χ0n) is 17.8. The fraction of sp³-hybridized carbons (Fsp3) is 0.227. The molecule has 172 valence electrons. The topological polar surface area (TPSA) is 137 Å². The molecule has 11 heteroatoms. The van der Waals surface area contributed by atoms with Crippen molar-refractivity contribution in [3.8, 4) is 0 Å². The van der Waals surface area contributed by atoms with Crippen molar-refractivity contribution >= 4 is 35.4 Å². The average Bonchev–Trinajstić information content (AvgIpc) is 2.78. The summed E-state index contributed by atoms with van der Waals surface area (Å²) >= 11 is 1.20. The van der Waals surface area contributed by atoms with Crippen LogP contribution >= 0.6 is 11.8 Å². The third-order valence-electron chi connectivity index (χ3n) is 4.58. The lowest BCUT2D eigenvalue weighted by Gasteiger charge is -2.26. The lowest BCUT2D eigenvalue weighted by atomic mass is 10.0. The Morgan fingerprint density at radius 2 is 1.85 bits per heavy atom. The van der Waals surface area contributed by atoms with E-state index in [-0.39, 0.29) is 29.1 Å². The van der Waals surface area contributed by atoms with Gasteiger partial charge in [0.05, 0.1) is 39.3 Å². The summed E-state index contributed by atoms with van der Waals surface area (Å²) in [6, 6.07) is 11.9. The lowest BCUT2D eigenvalue weighted by molar-refractivity contribution is -0.387. The second-order valence-corrected chi connectivity index (χ2v) is 7.98. The summed E-state index contributed by atoms with van der Waals surface area (Å²) in [7, 11) is 0. The van der Waals surface area contributed by atoms with Crippen LogP contribution in [0.25, 0.3) is 0 Å². The average molecular weight is 471 g/mol. The first-order chi connectivity index (χ1) is 15.8. The van der Waals surface area contributed by atoms with Gasteiger partial charge in [0.25, 0.3) is 5.69 Å². The molecule has 0 unspecified atom stereocenters. The van der Waals surface area contributed by atoms with E-state index in [1.807, 2.05) is 30.3 Å². The quantitative estimate of drug-likeness (QED) is 0.339. The van der Waals surface area contributed by atoms with Crippen LogP contribution in [0.2, 0.25) is 0 Å². The van der Waals surface area contributed by atoms with Gasteiger partial charge in [-0.05, 0) is 38.1 Å². The molecule has 1 aliphatic rings. The predicted octanol–water partition coefficient (Wildman–Crippen LogP) is 3.42. The standard InChI is InChI=1S/C22H21N3O7S/c1-3-31-21(27)19-13(2)23-22(28)24-16(19)12-32-20(26)14-9-10-18(17(11-14)25(29)30)33-15-7-5-4-6-8-15/h4-11,13H,3,12H2,1-2H3,(H2,23,24,28)/t13-/m1/s1. The molecular weight excluding hydrogens is 450 g/mol. The van der Waals surface area contributed by atoms with Crippen molar-refractivity contribution in [2.24, 2.45) is 0 Å². The summed E-state index contributed by atoms with van der Waals surface area (Å²) in [6.07, 6.45) is 0. The number of benzene rings is 2. The van der Waals surface area contributed by atoms with Crippen LogP contribution < -0.4 is 10.6 Å². The molecule has 0 saturated heterocycles. The molecule has 2 amide bonds. The Kier molecular flexibility index (Phi) is 7.67. The van der Waals surface area contributed by atoms with E-state index >= 15 is 0 Å². The summed E-state index contributed by atoms with van der Waals surface area (Å²) in [5, 5.41) is 16.6. The van der Waals surface area contributed by atoms with Crippen LogP contribution in [0, 0.1) is 10.1 Å². The molecule has 33 heavy (non-hydrogen) atoms. The number of hydrogen-bond donors (Lipinski definition) is 2. The minimum absolute atomic E-state index is 0.0364. The molecule has 10 nitrogen and oxygen atoms in total. The third kappa shape index (κ3) is 5.89.